The molecule has 0 radical (unpaired) electrons. The molecule has 0 aliphatic carbocycles. The van der Waals surface area contributed by atoms with Gasteiger partial charge in [-0.1, -0.05) is 57.6 Å². The van der Waals surface area contributed by atoms with Gasteiger partial charge in [0.05, 0.1) is 0 Å². The van der Waals surface area contributed by atoms with Gasteiger partial charge in [-0.05, 0) is 32.1 Å². The topological polar surface area (TPSA) is 20.2 Å². The Balaban J connectivity index is 3.58. The van der Waals surface area contributed by atoms with Crippen molar-refractivity contribution >= 4 is 0 Å². The smallest absolute Gasteiger partial charge is 0.0468 e. The van der Waals surface area contributed by atoms with Crippen molar-refractivity contribution in [3.05, 3.63) is 11.6 Å². The highest BCUT2D eigenvalue weighted by molar-refractivity contribution is 5.01. The summed E-state index contributed by atoms with van der Waals surface area (Å²) in [4.78, 5) is 0. The van der Waals surface area contributed by atoms with Crippen LogP contribution in [0.2, 0.25) is 0 Å². The first kappa shape index (κ1) is 15.7. The zero-order chi connectivity index (χ0) is 12.1. The van der Waals surface area contributed by atoms with E-state index in [1.54, 1.807) is 0 Å². The average molecular weight is 226 g/mol. The van der Waals surface area contributed by atoms with Crippen molar-refractivity contribution in [1.29, 1.82) is 0 Å². The lowest BCUT2D eigenvalue weighted by atomic mass is 10.0. The Morgan fingerprint density at radius 2 is 1.56 bits per heavy atom. The summed E-state index contributed by atoms with van der Waals surface area (Å²) in [5, 5.41) is 8.97. The van der Waals surface area contributed by atoms with Crippen LogP contribution < -0.4 is 0 Å². The maximum atomic E-state index is 8.97. The summed E-state index contributed by atoms with van der Waals surface area (Å²) in [7, 11) is 0. The van der Waals surface area contributed by atoms with E-state index in [4.69, 9.17) is 5.11 Å². The summed E-state index contributed by atoms with van der Waals surface area (Å²) in [5.41, 5.74) is 1.47. The van der Waals surface area contributed by atoms with Gasteiger partial charge < -0.3 is 5.11 Å². The first-order valence-corrected chi connectivity index (χ1v) is 7.13. The standard InChI is InChI=1S/C15H30O/c1-3-5-7-8-9-10-12-15(13-14-16)11-6-4-2/h12,16H,3-11,13-14H2,1-2H3. The van der Waals surface area contributed by atoms with Gasteiger partial charge in [-0.25, -0.2) is 0 Å². The fourth-order valence-electron chi connectivity index (χ4n) is 1.93. The minimum Gasteiger partial charge on any atom is -0.396 e. The van der Waals surface area contributed by atoms with Gasteiger partial charge in [-0.2, -0.15) is 0 Å². The molecule has 0 saturated heterocycles. The number of aliphatic hydroxyl groups excluding tert-OH is 1. The molecule has 0 heterocycles. The Bertz CT molecular complexity index is 161. The average Bonchev–Trinajstić information content (AvgIpc) is 2.30. The quantitative estimate of drug-likeness (QED) is 0.394. The molecule has 0 aliphatic heterocycles. The van der Waals surface area contributed by atoms with Gasteiger partial charge in [0.1, 0.15) is 0 Å². The van der Waals surface area contributed by atoms with Gasteiger partial charge in [0.15, 0.2) is 0 Å². The number of allylic oxidation sites excluding steroid dienone is 1. The molecule has 0 atom stereocenters. The Kier molecular flexibility index (Phi) is 12.5. The number of unbranched alkanes of at least 4 members (excludes halogenated alkanes) is 6. The lowest BCUT2D eigenvalue weighted by molar-refractivity contribution is 0.297. The molecule has 0 unspecified atom stereocenters. The number of aliphatic hydroxyl groups is 1. The molecule has 0 aromatic carbocycles. The normalized spacial score (nSPS) is 12.1. The van der Waals surface area contributed by atoms with Crippen LogP contribution in [0.1, 0.15) is 78.1 Å². The van der Waals surface area contributed by atoms with Crippen LogP contribution in [0.3, 0.4) is 0 Å². The monoisotopic (exact) mass is 226 g/mol. The van der Waals surface area contributed by atoms with E-state index in [1.165, 1.54) is 63.4 Å². The Hall–Kier alpha value is -0.300. The Labute approximate surface area is 102 Å². The van der Waals surface area contributed by atoms with Crippen molar-refractivity contribution in [3.63, 3.8) is 0 Å². The maximum absolute atomic E-state index is 8.97. The molecule has 0 aliphatic rings. The largest absolute Gasteiger partial charge is 0.396 e. The molecule has 0 aromatic rings. The van der Waals surface area contributed by atoms with Crippen molar-refractivity contribution in [2.45, 2.75) is 78.1 Å². The van der Waals surface area contributed by atoms with Crippen molar-refractivity contribution in [1.82, 2.24) is 0 Å². The summed E-state index contributed by atoms with van der Waals surface area (Å²) in [6.45, 7) is 4.79. The maximum Gasteiger partial charge on any atom is 0.0468 e. The molecule has 0 saturated carbocycles. The van der Waals surface area contributed by atoms with Crippen LogP contribution in [-0.4, -0.2) is 11.7 Å². The van der Waals surface area contributed by atoms with Crippen LogP contribution in [0.15, 0.2) is 11.6 Å². The van der Waals surface area contributed by atoms with Gasteiger partial charge in [0.25, 0.3) is 0 Å². The van der Waals surface area contributed by atoms with E-state index >= 15 is 0 Å². The third-order valence-corrected chi connectivity index (χ3v) is 3.03. The van der Waals surface area contributed by atoms with Gasteiger partial charge in [-0.3, -0.25) is 0 Å². The van der Waals surface area contributed by atoms with E-state index in [0.29, 0.717) is 6.61 Å². The summed E-state index contributed by atoms with van der Waals surface area (Å²) in [6, 6.07) is 0. The zero-order valence-electron chi connectivity index (χ0n) is 11.3. The van der Waals surface area contributed by atoms with Gasteiger partial charge in [0, 0.05) is 6.61 Å². The van der Waals surface area contributed by atoms with Gasteiger partial charge in [-0.15, -0.1) is 0 Å². The molecule has 0 spiro atoms. The van der Waals surface area contributed by atoms with Crippen LogP contribution in [0.4, 0.5) is 0 Å². The number of hydrogen-bond donors (Lipinski definition) is 1. The summed E-state index contributed by atoms with van der Waals surface area (Å²) < 4.78 is 0. The van der Waals surface area contributed by atoms with E-state index in [-0.39, 0.29) is 0 Å². The molecular formula is C15H30O. The highest BCUT2D eigenvalue weighted by Gasteiger charge is 1.96. The molecule has 0 aromatic heterocycles. The molecule has 0 bridgehead atoms. The molecule has 1 heteroatoms. The van der Waals surface area contributed by atoms with Crippen LogP contribution in [0.25, 0.3) is 0 Å². The van der Waals surface area contributed by atoms with E-state index in [9.17, 15) is 0 Å². The Morgan fingerprint density at radius 1 is 0.875 bits per heavy atom. The predicted octanol–water partition coefficient (Wildman–Crippen LogP) is 4.85. The minimum absolute atomic E-state index is 0.311. The highest BCUT2D eigenvalue weighted by atomic mass is 16.2. The minimum atomic E-state index is 0.311. The molecule has 1 nitrogen and oxygen atoms in total. The van der Waals surface area contributed by atoms with Crippen LogP contribution in [0, 0.1) is 0 Å². The molecule has 0 rings (SSSR count). The third-order valence-electron chi connectivity index (χ3n) is 3.03. The molecule has 16 heavy (non-hydrogen) atoms. The molecule has 96 valence electrons. The van der Waals surface area contributed by atoms with Crippen molar-refractivity contribution in [3.8, 4) is 0 Å². The van der Waals surface area contributed by atoms with Crippen LogP contribution >= 0.6 is 0 Å². The van der Waals surface area contributed by atoms with Crippen molar-refractivity contribution < 1.29 is 5.11 Å². The summed E-state index contributed by atoms with van der Waals surface area (Å²) in [5.74, 6) is 0. The molecule has 0 fully saturated rings. The van der Waals surface area contributed by atoms with Crippen LogP contribution in [0.5, 0.6) is 0 Å². The Morgan fingerprint density at radius 3 is 2.19 bits per heavy atom. The second kappa shape index (κ2) is 12.8. The second-order valence-corrected chi connectivity index (χ2v) is 4.64. The van der Waals surface area contributed by atoms with Gasteiger partial charge >= 0.3 is 0 Å². The van der Waals surface area contributed by atoms with E-state index in [1.807, 2.05) is 0 Å². The van der Waals surface area contributed by atoms with Crippen LogP contribution in [-0.2, 0) is 0 Å². The summed E-state index contributed by atoms with van der Waals surface area (Å²) >= 11 is 0. The lowest BCUT2D eigenvalue weighted by Gasteiger charge is -2.05. The van der Waals surface area contributed by atoms with E-state index in [2.05, 4.69) is 19.9 Å². The van der Waals surface area contributed by atoms with Crippen molar-refractivity contribution in [2.24, 2.45) is 0 Å². The number of rotatable bonds is 11. The fraction of sp³-hybridized carbons (Fsp3) is 0.867. The first-order chi connectivity index (χ1) is 7.85. The molecular weight excluding hydrogens is 196 g/mol. The molecule has 1 N–H and O–H groups in total. The van der Waals surface area contributed by atoms with E-state index in [0.717, 1.165) is 6.42 Å². The van der Waals surface area contributed by atoms with Gasteiger partial charge in [0.2, 0.25) is 0 Å². The van der Waals surface area contributed by atoms with E-state index < -0.39 is 0 Å². The molecule has 0 amide bonds. The predicted molar refractivity (Wildman–Crippen MR) is 72.7 cm³/mol. The number of hydrogen-bond acceptors (Lipinski definition) is 1. The third kappa shape index (κ3) is 10.2. The summed E-state index contributed by atoms with van der Waals surface area (Å²) in [6.07, 6.45) is 14.9. The fourth-order valence-corrected chi connectivity index (χ4v) is 1.93. The second-order valence-electron chi connectivity index (χ2n) is 4.64. The zero-order valence-corrected chi connectivity index (χ0v) is 11.3. The highest BCUT2D eigenvalue weighted by Crippen LogP contribution is 2.14. The lowest BCUT2D eigenvalue weighted by Crippen LogP contribution is -1.90. The first-order valence-electron chi connectivity index (χ1n) is 7.13. The SMILES string of the molecule is CCCCCCCC=C(CCO)CCCC. The van der Waals surface area contributed by atoms with Crippen molar-refractivity contribution in [2.75, 3.05) is 6.61 Å².